The van der Waals surface area contributed by atoms with Gasteiger partial charge in [-0.1, -0.05) is 13.3 Å². The van der Waals surface area contributed by atoms with E-state index >= 15 is 0 Å². The maximum Gasteiger partial charge on any atom is 0.242 e. The van der Waals surface area contributed by atoms with Crippen molar-refractivity contribution in [3.8, 4) is 5.88 Å². The minimum Gasteiger partial charge on any atom is -0.479 e. The van der Waals surface area contributed by atoms with E-state index in [4.69, 9.17) is 10.5 Å². The number of nitrogens with zero attached hydrogens (tertiary/aromatic N) is 2. The summed E-state index contributed by atoms with van der Waals surface area (Å²) in [7, 11) is 1.49. The maximum absolute atomic E-state index is 9.55. The second-order valence-electron chi connectivity index (χ2n) is 3.47. The molecule has 0 radical (unpaired) electrons. The summed E-state index contributed by atoms with van der Waals surface area (Å²) in [5, 5.41) is 12.5. The van der Waals surface area contributed by atoms with E-state index in [1.807, 2.05) is 6.92 Å². The number of nitrogen functional groups attached to an aromatic ring is 1. The molecule has 6 heteroatoms. The number of ether oxygens (including phenoxy) is 1. The molecule has 0 spiro atoms. The van der Waals surface area contributed by atoms with E-state index in [9.17, 15) is 5.11 Å². The zero-order valence-corrected chi connectivity index (χ0v) is 9.60. The number of aliphatic hydroxyl groups is 1. The average Bonchev–Trinajstić information content (AvgIpc) is 2.28. The van der Waals surface area contributed by atoms with E-state index in [0.29, 0.717) is 23.9 Å². The highest BCUT2D eigenvalue weighted by Gasteiger charge is 2.09. The molecule has 1 unspecified atom stereocenters. The van der Waals surface area contributed by atoms with E-state index < -0.39 is 6.10 Å². The molecule has 0 aliphatic carbocycles. The van der Waals surface area contributed by atoms with Crippen LogP contribution in [0.15, 0.2) is 6.33 Å². The Balaban J connectivity index is 2.60. The Morgan fingerprint density at radius 2 is 2.31 bits per heavy atom. The van der Waals surface area contributed by atoms with E-state index in [2.05, 4.69) is 15.3 Å². The first-order valence-corrected chi connectivity index (χ1v) is 5.25. The van der Waals surface area contributed by atoms with Crippen molar-refractivity contribution in [2.45, 2.75) is 25.9 Å². The number of hydrogen-bond donors (Lipinski definition) is 3. The van der Waals surface area contributed by atoms with Gasteiger partial charge in [0.2, 0.25) is 5.88 Å². The van der Waals surface area contributed by atoms with Gasteiger partial charge in [0.25, 0.3) is 0 Å². The summed E-state index contributed by atoms with van der Waals surface area (Å²) >= 11 is 0. The van der Waals surface area contributed by atoms with E-state index in [0.717, 1.165) is 12.8 Å². The summed E-state index contributed by atoms with van der Waals surface area (Å²) in [6.45, 7) is 2.43. The molecule has 90 valence electrons. The van der Waals surface area contributed by atoms with Crippen LogP contribution in [0.25, 0.3) is 0 Å². The van der Waals surface area contributed by atoms with Crippen molar-refractivity contribution in [1.82, 2.24) is 9.97 Å². The number of methoxy groups -OCH3 is 1. The fourth-order valence-corrected chi connectivity index (χ4v) is 1.33. The van der Waals surface area contributed by atoms with E-state index in [1.165, 1.54) is 13.4 Å². The summed E-state index contributed by atoms with van der Waals surface area (Å²) in [6.07, 6.45) is 2.65. The monoisotopic (exact) mass is 226 g/mol. The fraction of sp³-hybridized carbons (Fsp3) is 0.600. The van der Waals surface area contributed by atoms with Gasteiger partial charge in [0, 0.05) is 6.54 Å². The van der Waals surface area contributed by atoms with Crippen LogP contribution >= 0.6 is 0 Å². The van der Waals surface area contributed by atoms with Gasteiger partial charge in [0.1, 0.15) is 12.0 Å². The molecule has 1 atom stereocenters. The average molecular weight is 226 g/mol. The van der Waals surface area contributed by atoms with Crippen LogP contribution < -0.4 is 15.8 Å². The van der Waals surface area contributed by atoms with Gasteiger partial charge < -0.3 is 20.9 Å². The van der Waals surface area contributed by atoms with Crippen LogP contribution in [0.2, 0.25) is 0 Å². The predicted molar refractivity (Wildman–Crippen MR) is 62.4 cm³/mol. The Kier molecular flexibility index (Phi) is 4.78. The van der Waals surface area contributed by atoms with Crippen molar-refractivity contribution in [3.63, 3.8) is 0 Å². The Labute approximate surface area is 94.9 Å². The van der Waals surface area contributed by atoms with Gasteiger partial charge in [-0.15, -0.1) is 0 Å². The quantitative estimate of drug-likeness (QED) is 0.659. The topological polar surface area (TPSA) is 93.3 Å². The van der Waals surface area contributed by atoms with E-state index in [-0.39, 0.29) is 0 Å². The number of hydrogen-bond acceptors (Lipinski definition) is 6. The molecule has 1 aromatic rings. The molecule has 0 bridgehead atoms. The van der Waals surface area contributed by atoms with Gasteiger partial charge in [-0.3, -0.25) is 0 Å². The minimum absolute atomic E-state index is 0.336. The maximum atomic E-state index is 9.55. The number of aliphatic hydroxyl groups excluding tert-OH is 1. The summed E-state index contributed by atoms with van der Waals surface area (Å²) in [5.74, 6) is 0.824. The van der Waals surface area contributed by atoms with Crippen LogP contribution in [-0.2, 0) is 0 Å². The molecular formula is C10H18N4O2. The molecule has 0 aliphatic heterocycles. The van der Waals surface area contributed by atoms with E-state index in [1.54, 1.807) is 0 Å². The predicted octanol–water partition coefficient (Wildman–Crippen LogP) is 0.640. The van der Waals surface area contributed by atoms with Crippen LogP contribution in [0.1, 0.15) is 19.8 Å². The van der Waals surface area contributed by atoms with Crippen molar-refractivity contribution < 1.29 is 9.84 Å². The smallest absolute Gasteiger partial charge is 0.242 e. The Bertz CT molecular complexity index is 333. The zero-order valence-electron chi connectivity index (χ0n) is 9.60. The lowest BCUT2D eigenvalue weighted by Gasteiger charge is -2.13. The normalized spacial score (nSPS) is 12.2. The van der Waals surface area contributed by atoms with Crippen LogP contribution in [-0.4, -0.2) is 34.8 Å². The van der Waals surface area contributed by atoms with Gasteiger partial charge in [-0.05, 0) is 6.42 Å². The molecule has 0 aromatic carbocycles. The summed E-state index contributed by atoms with van der Waals surface area (Å²) in [6, 6.07) is 0. The van der Waals surface area contributed by atoms with Crippen LogP contribution in [0.5, 0.6) is 5.88 Å². The van der Waals surface area contributed by atoms with Gasteiger partial charge in [-0.2, -0.15) is 4.98 Å². The van der Waals surface area contributed by atoms with Crippen LogP contribution in [0.3, 0.4) is 0 Å². The van der Waals surface area contributed by atoms with Gasteiger partial charge >= 0.3 is 0 Å². The molecule has 6 nitrogen and oxygen atoms in total. The first kappa shape index (κ1) is 12.5. The number of nitrogens with one attached hydrogen (secondary N) is 1. The number of rotatable bonds is 6. The Hall–Kier alpha value is -1.56. The zero-order chi connectivity index (χ0) is 12.0. The van der Waals surface area contributed by atoms with Crippen molar-refractivity contribution in [1.29, 1.82) is 0 Å². The molecule has 1 heterocycles. The molecule has 4 N–H and O–H groups in total. The van der Waals surface area contributed by atoms with Crippen molar-refractivity contribution in [2.75, 3.05) is 24.7 Å². The molecule has 1 rings (SSSR count). The van der Waals surface area contributed by atoms with Gasteiger partial charge in [0.05, 0.1) is 13.2 Å². The summed E-state index contributed by atoms with van der Waals surface area (Å²) < 4.78 is 4.96. The first-order valence-electron chi connectivity index (χ1n) is 5.25. The Morgan fingerprint density at radius 3 is 2.94 bits per heavy atom. The van der Waals surface area contributed by atoms with Gasteiger partial charge in [-0.25, -0.2) is 4.98 Å². The number of nitrogens with two attached hydrogens (primary N) is 1. The molecule has 0 amide bonds. The van der Waals surface area contributed by atoms with Crippen molar-refractivity contribution >= 4 is 11.5 Å². The molecular weight excluding hydrogens is 208 g/mol. The fourth-order valence-electron chi connectivity index (χ4n) is 1.33. The van der Waals surface area contributed by atoms with Crippen LogP contribution in [0.4, 0.5) is 11.5 Å². The number of anilines is 2. The van der Waals surface area contributed by atoms with Crippen LogP contribution in [0, 0.1) is 0 Å². The highest BCUT2D eigenvalue weighted by Crippen LogP contribution is 2.23. The van der Waals surface area contributed by atoms with Crippen molar-refractivity contribution in [2.24, 2.45) is 0 Å². The highest BCUT2D eigenvalue weighted by molar-refractivity contribution is 5.66. The SMILES string of the molecule is CCCC(O)CNc1ncnc(OC)c1N. The number of aromatic nitrogens is 2. The minimum atomic E-state index is -0.398. The second-order valence-corrected chi connectivity index (χ2v) is 3.47. The second kappa shape index (κ2) is 6.12. The lowest BCUT2D eigenvalue weighted by atomic mass is 10.2. The molecule has 0 saturated heterocycles. The lowest BCUT2D eigenvalue weighted by Crippen LogP contribution is -2.20. The molecule has 16 heavy (non-hydrogen) atoms. The standard InChI is InChI=1S/C10H18N4O2/c1-3-4-7(15)5-12-9-8(11)10(16-2)14-6-13-9/h6-7,15H,3-5,11H2,1-2H3,(H,12,13,14). The summed E-state index contributed by atoms with van der Waals surface area (Å²) in [5.41, 5.74) is 6.12. The third kappa shape index (κ3) is 3.23. The van der Waals surface area contributed by atoms with Gasteiger partial charge in [0.15, 0.2) is 5.82 Å². The third-order valence-corrected chi connectivity index (χ3v) is 2.17. The summed E-state index contributed by atoms with van der Waals surface area (Å²) in [4.78, 5) is 7.84. The molecule has 0 saturated carbocycles. The highest BCUT2D eigenvalue weighted by atomic mass is 16.5. The Morgan fingerprint density at radius 1 is 1.56 bits per heavy atom. The first-order chi connectivity index (χ1) is 7.69. The van der Waals surface area contributed by atoms with Crippen molar-refractivity contribution in [3.05, 3.63) is 6.33 Å². The molecule has 0 aliphatic rings. The molecule has 0 fully saturated rings. The third-order valence-electron chi connectivity index (χ3n) is 2.17. The lowest BCUT2D eigenvalue weighted by molar-refractivity contribution is 0.176. The largest absolute Gasteiger partial charge is 0.479 e. The molecule has 1 aromatic heterocycles.